The fraction of sp³-hybridized carbons (Fsp3) is 0.316. The monoisotopic (exact) mass is 312 g/mol. The second kappa shape index (κ2) is 8.83. The number of carbonyl (C=O) groups excluding carboxylic acids is 1. The van der Waals surface area contributed by atoms with E-state index in [1.165, 1.54) is 5.69 Å². The Labute approximate surface area is 137 Å². The minimum Gasteiger partial charge on any atom is -0.508 e. The maximum atomic E-state index is 11.9. The van der Waals surface area contributed by atoms with Crippen LogP contribution in [-0.2, 0) is 11.2 Å². The molecule has 0 aliphatic heterocycles. The lowest BCUT2D eigenvalue weighted by Crippen LogP contribution is -2.30. The summed E-state index contributed by atoms with van der Waals surface area (Å²) >= 11 is 0. The van der Waals surface area contributed by atoms with Crippen LogP contribution in [-0.4, -0.2) is 30.6 Å². The van der Waals surface area contributed by atoms with Crippen molar-refractivity contribution in [1.29, 1.82) is 0 Å². The van der Waals surface area contributed by atoms with E-state index >= 15 is 0 Å². The fourth-order valence-corrected chi connectivity index (χ4v) is 2.47. The highest BCUT2D eigenvalue weighted by Crippen LogP contribution is 2.13. The lowest BCUT2D eigenvalue weighted by Gasteiger charge is -2.23. The summed E-state index contributed by atoms with van der Waals surface area (Å²) in [6, 6.07) is 17.0. The molecule has 0 heterocycles. The molecule has 0 bridgehead atoms. The van der Waals surface area contributed by atoms with Gasteiger partial charge < -0.3 is 15.3 Å². The highest BCUT2D eigenvalue weighted by Gasteiger charge is 2.05. The highest BCUT2D eigenvalue weighted by atomic mass is 16.3. The van der Waals surface area contributed by atoms with Gasteiger partial charge in [-0.3, -0.25) is 4.79 Å². The second-order valence-electron chi connectivity index (χ2n) is 5.46. The molecule has 4 nitrogen and oxygen atoms in total. The molecule has 0 atom stereocenters. The molecule has 23 heavy (non-hydrogen) atoms. The van der Waals surface area contributed by atoms with Crippen LogP contribution >= 0.6 is 0 Å². The van der Waals surface area contributed by atoms with Gasteiger partial charge in [0.15, 0.2) is 0 Å². The summed E-state index contributed by atoms with van der Waals surface area (Å²) < 4.78 is 0. The molecule has 122 valence electrons. The zero-order valence-electron chi connectivity index (χ0n) is 13.5. The number of phenols is 1. The van der Waals surface area contributed by atoms with E-state index in [9.17, 15) is 9.90 Å². The third-order valence-corrected chi connectivity index (χ3v) is 3.73. The first-order valence-electron chi connectivity index (χ1n) is 8.03. The number of anilines is 1. The summed E-state index contributed by atoms with van der Waals surface area (Å²) in [6.07, 6.45) is 1.25. The smallest absolute Gasteiger partial charge is 0.224 e. The number of benzene rings is 2. The first kappa shape index (κ1) is 16.9. The standard InChI is InChI=1S/C19H24N2O2/c1-2-21(17-7-4-3-5-8-17)14-6-13-20-19(23)15-16-9-11-18(22)12-10-16/h3-5,7-12,22H,2,6,13-15H2,1H3,(H,20,23). The average Bonchev–Trinajstić information content (AvgIpc) is 2.58. The normalized spacial score (nSPS) is 10.3. The van der Waals surface area contributed by atoms with Crippen molar-refractivity contribution in [2.75, 3.05) is 24.5 Å². The molecule has 0 radical (unpaired) electrons. The molecule has 0 aliphatic rings. The summed E-state index contributed by atoms with van der Waals surface area (Å²) in [7, 11) is 0. The number of hydrogen-bond donors (Lipinski definition) is 2. The molecule has 0 fully saturated rings. The van der Waals surface area contributed by atoms with Crippen LogP contribution in [0.3, 0.4) is 0 Å². The van der Waals surface area contributed by atoms with E-state index in [2.05, 4.69) is 29.3 Å². The SMILES string of the molecule is CCN(CCCNC(=O)Cc1ccc(O)cc1)c1ccccc1. The number of para-hydroxylation sites is 1. The van der Waals surface area contributed by atoms with Gasteiger partial charge in [-0.25, -0.2) is 0 Å². The Hall–Kier alpha value is -2.49. The number of carbonyl (C=O) groups is 1. The van der Waals surface area contributed by atoms with E-state index in [1.807, 2.05) is 18.2 Å². The summed E-state index contributed by atoms with van der Waals surface area (Å²) in [5, 5.41) is 12.2. The molecule has 0 saturated heterocycles. The van der Waals surface area contributed by atoms with Gasteiger partial charge in [0.2, 0.25) is 5.91 Å². The summed E-state index contributed by atoms with van der Waals surface area (Å²) in [4.78, 5) is 14.2. The van der Waals surface area contributed by atoms with Crippen molar-refractivity contribution in [3.05, 3.63) is 60.2 Å². The minimum atomic E-state index is 0.0125. The van der Waals surface area contributed by atoms with Crippen LogP contribution < -0.4 is 10.2 Å². The highest BCUT2D eigenvalue weighted by molar-refractivity contribution is 5.78. The average molecular weight is 312 g/mol. The van der Waals surface area contributed by atoms with Crippen LogP contribution in [0.15, 0.2) is 54.6 Å². The number of nitrogens with one attached hydrogen (secondary N) is 1. The Balaban J connectivity index is 1.70. The van der Waals surface area contributed by atoms with Gasteiger partial charge in [-0.1, -0.05) is 30.3 Å². The van der Waals surface area contributed by atoms with E-state index in [0.29, 0.717) is 13.0 Å². The van der Waals surface area contributed by atoms with E-state index in [1.54, 1.807) is 24.3 Å². The Bertz CT molecular complexity index is 597. The van der Waals surface area contributed by atoms with Crippen molar-refractivity contribution in [3.8, 4) is 5.75 Å². The Morgan fingerprint density at radius 1 is 1.09 bits per heavy atom. The van der Waals surface area contributed by atoms with Gasteiger partial charge in [0.05, 0.1) is 6.42 Å². The molecule has 2 aromatic rings. The van der Waals surface area contributed by atoms with E-state index < -0.39 is 0 Å². The van der Waals surface area contributed by atoms with Gasteiger partial charge in [0.25, 0.3) is 0 Å². The molecule has 0 aromatic heterocycles. The first-order chi connectivity index (χ1) is 11.2. The van der Waals surface area contributed by atoms with Crippen molar-refractivity contribution in [2.45, 2.75) is 19.8 Å². The maximum absolute atomic E-state index is 11.9. The van der Waals surface area contributed by atoms with Crippen LogP contribution in [0.25, 0.3) is 0 Å². The molecule has 0 spiro atoms. The largest absolute Gasteiger partial charge is 0.508 e. The van der Waals surface area contributed by atoms with Crippen molar-refractivity contribution in [2.24, 2.45) is 0 Å². The zero-order valence-corrected chi connectivity index (χ0v) is 13.5. The maximum Gasteiger partial charge on any atom is 0.224 e. The summed E-state index contributed by atoms with van der Waals surface area (Å²) in [5.41, 5.74) is 2.12. The van der Waals surface area contributed by atoms with Crippen molar-refractivity contribution >= 4 is 11.6 Å². The van der Waals surface area contributed by atoms with Gasteiger partial charge in [0, 0.05) is 25.3 Å². The molecule has 2 aromatic carbocycles. The van der Waals surface area contributed by atoms with E-state index in [4.69, 9.17) is 0 Å². The van der Waals surface area contributed by atoms with Crippen LogP contribution in [0.5, 0.6) is 5.75 Å². The number of rotatable bonds is 8. The number of aromatic hydroxyl groups is 1. The molecular weight excluding hydrogens is 288 g/mol. The second-order valence-corrected chi connectivity index (χ2v) is 5.46. The van der Waals surface area contributed by atoms with Crippen LogP contribution in [0.1, 0.15) is 18.9 Å². The van der Waals surface area contributed by atoms with Gasteiger partial charge in [-0.05, 0) is 43.2 Å². The molecule has 1 amide bonds. The van der Waals surface area contributed by atoms with E-state index in [-0.39, 0.29) is 11.7 Å². The predicted octanol–water partition coefficient (Wildman–Crippen LogP) is 2.97. The molecule has 4 heteroatoms. The van der Waals surface area contributed by atoms with Gasteiger partial charge >= 0.3 is 0 Å². The first-order valence-corrected chi connectivity index (χ1v) is 8.03. The molecular formula is C19H24N2O2. The van der Waals surface area contributed by atoms with Gasteiger partial charge in [-0.2, -0.15) is 0 Å². The third kappa shape index (κ3) is 5.66. The number of nitrogens with zero attached hydrogens (tertiary/aromatic N) is 1. The third-order valence-electron chi connectivity index (χ3n) is 3.73. The number of phenolic OH excluding ortho intramolecular Hbond substituents is 1. The molecule has 0 saturated carbocycles. The Kier molecular flexibility index (Phi) is 6.48. The molecule has 0 aliphatic carbocycles. The van der Waals surface area contributed by atoms with Crippen molar-refractivity contribution in [3.63, 3.8) is 0 Å². The molecule has 2 rings (SSSR count). The summed E-state index contributed by atoms with van der Waals surface area (Å²) in [5.74, 6) is 0.230. The lowest BCUT2D eigenvalue weighted by molar-refractivity contribution is -0.120. The van der Waals surface area contributed by atoms with Crippen LogP contribution in [0.4, 0.5) is 5.69 Å². The van der Waals surface area contributed by atoms with Gasteiger partial charge in [-0.15, -0.1) is 0 Å². The number of amides is 1. The van der Waals surface area contributed by atoms with Crippen LogP contribution in [0.2, 0.25) is 0 Å². The molecule has 0 unspecified atom stereocenters. The Morgan fingerprint density at radius 3 is 2.43 bits per heavy atom. The minimum absolute atomic E-state index is 0.0125. The summed E-state index contributed by atoms with van der Waals surface area (Å²) in [6.45, 7) is 4.67. The Morgan fingerprint density at radius 2 is 1.78 bits per heavy atom. The lowest BCUT2D eigenvalue weighted by atomic mass is 10.1. The predicted molar refractivity (Wildman–Crippen MR) is 93.8 cm³/mol. The molecule has 2 N–H and O–H groups in total. The zero-order chi connectivity index (χ0) is 16.5. The number of hydrogen-bond acceptors (Lipinski definition) is 3. The van der Waals surface area contributed by atoms with Crippen molar-refractivity contribution < 1.29 is 9.90 Å². The van der Waals surface area contributed by atoms with Crippen LogP contribution in [0, 0.1) is 0 Å². The topological polar surface area (TPSA) is 52.6 Å². The van der Waals surface area contributed by atoms with Gasteiger partial charge in [0.1, 0.15) is 5.75 Å². The van der Waals surface area contributed by atoms with E-state index in [0.717, 1.165) is 25.1 Å². The fourth-order valence-electron chi connectivity index (χ4n) is 2.47. The van der Waals surface area contributed by atoms with Crippen molar-refractivity contribution in [1.82, 2.24) is 5.32 Å². The quantitative estimate of drug-likeness (QED) is 0.737.